The first-order valence-corrected chi connectivity index (χ1v) is 6.09. The molecule has 0 unspecified atom stereocenters. The number of allylic oxidation sites excluding steroid dienone is 1. The van der Waals surface area contributed by atoms with E-state index < -0.39 is 0 Å². The van der Waals surface area contributed by atoms with Crippen molar-refractivity contribution >= 4 is 12.3 Å². The molecule has 0 saturated heterocycles. The van der Waals surface area contributed by atoms with Crippen molar-refractivity contribution in [2.24, 2.45) is 4.99 Å². The summed E-state index contributed by atoms with van der Waals surface area (Å²) in [4.78, 5) is 3.81. The predicted molar refractivity (Wildman–Crippen MR) is 77.3 cm³/mol. The van der Waals surface area contributed by atoms with Crippen molar-refractivity contribution in [1.82, 2.24) is 0 Å². The molecule has 1 nitrogen and oxygen atoms in total. The van der Waals surface area contributed by atoms with Gasteiger partial charge < -0.3 is 0 Å². The molecule has 1 aromatic rings. The number of aliphatic imine (C=N–C) groups is 1. The standard InChI is InChI=1S/C11H12FN.2C2H6/c1-9-8-11(12)6-5-10(9)4-3-7-13-2;2*1-2/h3-8H,1-2H3;2*1-2H3/b4-3+,13-7?;;. The normalized spacial score (nSPS) is 9.59. The molecule has 0 aromatic heterocycles. The molecule has 0 radical (unpaired) electrons. The van der Waals surface area contributed by atoms with Crippen molar-refractivity contribution in [2.75, 3.05) is 7.05 Å². The van der Waals surface area contributed by atoms with Crippen molar-refractivity contribution in [2.45, 2.75) is 34.6 Å². The Kier molecular flexibility index (Phi) is 13.3. The minimum Gasteiger partial charge on any atom is -0.297 e. The van der Waals surface area contributed by atoms with Crippen LogP contribution in [0.4, 0.5) is 4.39 Å². The molecule has 17 heavy (non-hydrogen) atoms. The quantitative estimate of drug-likeness (QED) is 0.649. The van der Waals surface area contributed by atoms with E-state index in [0.717, 1.165) is 11.1 Å². The first kappa shape index (κ1) is 17.9. The zero-order chi connectivity index (χ0) is 13.7. The van der Waals surface area contributed by atoms with E-state index in [2.05, 4.69) is 4.99 Å². The van der Waals surface area contributed by atoms with Crippen LogP contribution in [0.5, 0.6) is 0 Å². The van der Waals surface area contributed by atoms with Gasteiger partial charge in [0.25, 0.3) is 0 Å². The summed E-state index contributed by atoms with van der Waals surface area (Å²) >= 11 is 0. The van der Waals surface area contributed by atoms with E-state index in [1.54, 1.807) is 19.3 Å². The highest BCUT2D eigenvalue weighted by atomic mass is 19.1. The van der Waals surface area contributed by atoms with Gasteiger partial charge in [-0.2, -0.15) is 0 Å². The molecule has 0 N–H and O–H groups in total. The molecule has 0 aliphatic carbocycles. The van der Waals surface area contributed by atoms with Crippen LogP contribution in [0.1, 0.15) is 38.8 Å². The molecule has 1 aromatic carbocycles. The molecular weight excluding hydrogens is 213 g/mol. The number of nitrogens with zero attached hydrogens (tertiary/aromatic N) is 1. The van der Waals surface area contributed by atoms with Crippen LogP contribution in [0.2, 0.25) is 0 Å². The van der Waals surface area contributed by atoms with Crippen LogP contribution in [0.15, 0.2) is 29.3 Å². The van der Waals surface area contributed by atoms with Gasteiger partial charge >= 0.3 is 0 Å². The van der Waals surface area contributed by atoms with Crippen molar-refractivity contribution in [3.8, 4) is 0 Å². The Balaban J connectivity index is 0. The number of hydrogen-bond acceptors (Lipinski definition) is 1. The van der Waals surface area contributed by atoms with Gasteiger partial charge in [0.05, 0.1) is 0 Å². The van der Waals surface area contributed by atoms with E-state index in [4.69, 9.17) is 0 Å². The molecule has 0 aliphatic heterocycles. The Labute approximate surface area is 105 Å². The lowest BCUT2D eigenvalue weighted by atomic mass is 10.1. The maximum absolute atomic E-state index is 12.7. The highest BCUT2D eigenvalue weighted by Gasteiger charge is 1.94. The van der Waals surface area contributed by atoms with Crippen LogP contribution in [-0.2, 0) is 0 Å². The molecule has 0 bridgehead atoms. The van der Waals surface area contributed by atoms with E-state index in [-0.39, 0.29) is 5.82 Å². The average Bonchev–Trinajstić information content (AvgIpc) is 2.37. The van der Waals surface area contributed by atoms with Crippen LogP contribution < -0.4 is 0 Å². The monoisotopic (exact) mass is 237 g/mol. The minimum atomic E-state index is -0.196. The molecule has 0 atom stereocenters. The van der Waals surface area contributed by atoms with E-state index in [9.17, 15) is 4.39 Å². The predicted octanol–water partition coefficient (Wildman–Crippen LogP) is 4.90. The molecule has 2 heteroatoms. The van der Waals surface area contributed by atoms with Gasteiger partial charge in [-0.3, -0.25) is 4.99 Å². The molecule has 96 valence electrons. The van der Waals surface area contributed by atoms with E-state index in [1.165, 1.54) is 12.1 Å². The van der Waals surface area contributed by atoms with Gasteiger partial charge in [0.2, 0.25) is 0 Å². The lowest BCUT2D eigenvalue weighted by Gasteiger charge is -1.98. The van der Waals surface area contributed by atoms with Crippen molar-refractivity contribution in [3.63, 3.8) is 0 Å². The van der Waals surface area contributed by atoms with Crippen LogP contribution in [-0.4, -0.2) is 13.3 Å². The third-order valence-corrected chi connectivity index (χ3v) is 1.74. The summed E-state index contributed by atoms with van der Waals surface area (Å²) in [7, 11) is 1.71. The van der Waals surface area contributed by atoms with Gasteiger partial charge in [-0.1, -0.05) is 39.8 Å². The summed E-state index contributed by atoms with van der Waals surface area (Å²) in [5.74, 6) is -0.196. The SMILES string of the molecule is CC.CC.CN=C/C=C/c1ccc(F)cc1C. The van der Waals surface area contributed by atoms with E-state index in [0.29, 0.717) is 0 Å². The number of hydrogen-bond donors (Lipinski definition) is 0. The third-order valence-electron chi connectivity index (χ3n) is 1.74. The molecule has 0 heterocycles. The number of halogens is 1. The fourth-order valence-corrected chi connectivity index (χ4v) is 1.06. The zero-order valence-electron chi connectivity index (χ0n) is 11.8. The summed E-state index contributed by atoms with van der Waals surface area (Å²) in [6.07, 6.45) is 5.44. The lowest BCUT2D eigenvalue weighted by Crippen LogP contribution is -1.82. The number of aryl methyl sites for hydroxylation is 1. The second-order valence-corrected chi connectivity index (χ2v) is 2.77. The van der Waals surface area contributed by atoms with Crippen LogP contribution in [0, 0.1) is 12.7 Å². The van der Waals surface area contributed by atoms with E-state index in [1.807, 2.05) is 46.8 Å². The highest BCUT2D eigenvalue weighted by Crippen LogP contribution is 2.11. The average molecular weight is 237 g/mol. The Bertz CT molecular complexity index is 341. The van der Waals surface area contributed by atoms with Crippen LogP contribution in [0.3, 0.4) is 0 Å². The van der Waals surface area contributed by atoms with Gasteiger partial charge in [0.1, 0.15) is 5.82 Å². The van der Waals surface area contributed by atoms with Gasteiger partial charge in [-0.05, 0) is 36.3 Å². The molecule has 0 spiro atoms. The summed E-state index contributed by atoms with van der Waals surface area (Å²) in [6.45, 7) is 9.88. The molecule has 0 fully saturated rings. The minimum absolute atomic E-state index is 0.196. The first-order chi connectivity index (χ1) is 8.24. The first-order valence-electron chi connectivity index (χ1n) is 6.09. The summed E-state index contributed by atoms with van der Waals surface area (Å²) in [5, 5.41) is 0. The van der Waals surface area contributed by atoms with Gasteiger partial charge in [0.15, 0.2) is 0 Å². The van der Waals surface area contributed by atoms with Gasteiger partial charge in [0, 0.05) is 13.3 Å². The van der Waals surface area contributed by atoms with Crippen LogP contribution >= 0.6 is 0 Å². The second-order valence-electron chi connectivity index (χ2n) is 2.77. The molecule has 0 amide bonds. The Morgan fingerprint density at radius 3 is 2.18 bits per heavy atom. The van der Waals surface area contributed by atoms with Gasteiger partial charge in [-0.15, -0.1) is 0 Å². The van der Waals surface area contributed by atoms with Gasteiger partial charge in [-0.25, -0.2) is 4.39 Å². The molecule has 0 saturated carbocycles. The number of rotatable bonds is 2. The summed E-state index contributed by atoms with van der Waals surface area (Å²) in [5.41, 5.74) is 1.95. The summed E-state index contributed by atoms with van der Waals surface area (Å²) < 4.78 is 12.7. The topological polar surface area (TPSA) is 12.4 Å². The fourth-order valence-electron chi connectivity index (χ4n) is 1.06. The fraction of sp³-hybridized carbons (Fsp3) is 0.400. The molecule has 1 rings (SSSR count). The number of benzene rings is 1. The Morgan fingerprint density at radius 2 is 1.71 bits per heavy atom. The highest BCUT2D eigenvalue weighted by molar-refractivity contribution is 5.78. The van der Waals surface area contributed by atoms with Crippen LogP contribution in [0.25, 0.3) is 6.08 Å². The van der Waals surface area contributed by atoms with Crippen molar-refractivity contribution in [1.29, 1.82) is 0 Å². The largest absolute Gasteiger partial charge is 0.297 e. The van der Waals surface area contributed by atoms with E-state index >= 15 is 0 Å². The Hall–Kier alpha value is -1.44. The maximum Gasteiger partial charge on any atom is 0.123 e. The summed E-state index contributed by atoms with van der Waals surface area (Å²) in [6, 6.07) is 4.73. The second kappa shape index (κ2) is 12.6. The van der Waals surface area contributed by atoms with Crippen molar-refractivity contribution < 1.29 is 4.39 Å². The molecule has 0 aliphatic rings. The molecular formula is C15H24FN. The Morgan fingerprint density at radius 1 is 1.12 bits per heavy atom. The zero-order valence-corrected chi connectivity index (χ0v) is 11.8. The lowest BCUT2D eigenvalue weighted by molar-refractivity contribution is 0.626. The smallest absolute Gasteiger partial charge is 0.123 e. The third kappa shape index (κ3) is 8.38. The van der Waals surface area contributed by atoms with Crippen molar-refractivity contribution in [3.05, 3.63) is 41.2 Å². The maximum atomic E-state index is 12.7.